The highest BCUT2D eigenvalue weighted by atomic mass is 79.9. The topological polar surface area (TPSA) is 52.3 Å². The zero-order chi connectivity index (χ0) is 16.8. The number of rotatable bonds is 6. The number of nitrogens with zero attached hydrogens (tertiary/aromatic N) is 4. The molecule has 0 amide bonds. The van der Waals surface area contributed by atoms with Crippen molar-refractivity contribution in [2.45, 2.75) is 10.9 Å². The van der Waals surface area contributed by atoms with Crippen molar-refractivity contribution in [3.05, 3.63) is 70.5 Å². The van der Waals surface area contributed by atoms with Gasteiger partial charge in [0, 0.05) is 5.75 Å². The molecule has 24 heavy (non-hydrogen) atoms. The summed E-state index contributed by atoms with van der Waals surface area (Å²) in [7, 11) is 1.64. The maximum Gasteiger partial charge on any atom is 0.212 e. The average molecular weight is 403 g/mol. The molecule has 1 aromatic heterocycles. The lowest BCUT2D eigenvalue weighted by Gasteiger charge is -2.03. The second-order valence-electron chi connectivity index (χ2n) is 4.87. The van der Waals surface area contributed by atoms with E-state index in [9.17, 15) is 0 Å². The second kappa shape index (κ2) is 8.12. The minimum atomic E-state index is 0.752. The summed E-state index contributed by atoms with van der Waals surface area (Å²) in [6, 6.07) is 16.0. The molecule has 0 fully saturated rings. The van der Waals surface area contributed by atoms with Gasteiger partial charge in [-0.3, -0.25) is 0 Å². The SMILES string of the molecule is COc1ccc(C=Nn2cnnc2SCc2ccccc2)cc1Br. The molecular formula is C17H15BrN4OS. The van der Waals surface area contributed by atoms with Crippen LogP contribution in [0.25, 0.3) is 0 Å². The van der Waals surface area contributed by atoms with Crippen LogP contribution in [0.2, 0.25) is 0 Å². The van der Waals surface area contributed by atoms with Crippen LogP contribution in [0.3, 0.4) is 0 Å². The van der Waals surface area contributed by atoms with Gasteiger partial charge in [-0.1, -0.05) is 42.1 Å². The number of benzene rings is 2. The van der Waals surface area contributed by atoms with Crippen LogP contribution >= 0.6 is 27.7 Å². The first-order valence-electron chi connectivity index (χ1n) is 7.21. The first-order chi connectivity index (χ1) is 11.8. The molecule has 7 heteroatoms. The minimum absolute atomic E-state index is 0.752. The van der Waals surface area contributed by atoms with Gasteiger partial charge in [0.25, 0.3) is 0 Å². The number of hydrogen-bond donors (Lipinski definition) is 0. The lowest BCUT2D eigenvalue weighted by atomic mass is 10.2. The Labute approximate surface area is 152 Å². The fourth-order valence-corrected chi connectivity index (χ4v) is 3.39. The van der Waals surface area contributed by atoms with Crippen LogP contribution in [0.4, 0.5) is 0 Å². The van der Waals surface area contributed by atoms with E-state index < -0.39 is 0 Å². The second-order valence-corrected chi connectivity index (χ2v) is 6.67. The predicted molar refractivity (Wildman–Crippen MR) is 99.7 cm³/mol. The van der Waals surface area contributed by atoms with Gasteiger partial charge in [0.1, 0.15) is 12.1 Å². The van der Waals surface area contributed by atoms with Crippen molar-refractivity contribution in [2.24, 2.45) is 5.10 Å². The van der Waals surface area contributed by atoms with Crippen LogP contribution in [-0.4, -0.2) is 28.2 Å². The van der Waals surface area contributed by atoms with Gasteiger partial charge in [0.05, 0.1) is 17.8 Å². The highest BCUT2D eigenvalue weighted by Gasteiger charge is 2.05. The van der Waals surface area contributed by atoms with E-state index in [2.05, 4.69) is 43.4 Å². The van der Waals surface area contributed by atoms with E-state index in [1.807, 2.05) is 36.4 Å². The molecule has 0 saturated carbocycles. The van der Waals surface area contributed by atoms with E-state index in [1.54, 1.807) is 36.1 Å². The van der Waals surface area contributed by atoms with Crippen molar-refractivity contribution < 1.29 is 4.74 Å². The fraction of sp³-hybridized carbons (Fsp3) is 0.118. The lowest BCUT2D eigenvalue weighted by molar-refractivity contribution is 0.412. The molecule has 3 aromatic rings. The summed E-state index contributed by atoms with van der Waals surface area (Å²) in [6.07, 6.45) is 3.36. The molecule has 1 heterocycles. The molecule has 0 aliphatic carbocycles. The molecule has 0 saturated heterocycles. The molecule has 0 spiro atoms. The quantitative estimate of drug-likeness (QED) is 0.457. The first kappa shape index (κ1) is 16.7. The third kappa shape index (κ3) is 4.24. The van der Waals surface area contributed by atoms with E-state index in [1.165, 1.54) is 5.56 Å². The molecule has 3 rings (SSSR count). The van der Waals surface area contributed by atoms with Crippen molar-refractivity contribution in [3.8, 4) is 5.75 Å². The van der Waals surface area contributed by atoms with Crippen molar-refractivity contribution >= 4 is 33.9 Å². The van der Waals surface area contributed by atoms with Crippen molar-refractivity contribution in [2.75, 3.05) is 7.11 Å². The number of ether oxygens (including phenoxy) is 1. The molecule has 0 bridgehead atoms. The van der Waals surface area contributed by atoms with Crippen LogP contribution in [0.1, 0.15) is 11.1 Å². The summed E-state index contributed by atoms with van der Waals surface area (Å²) in [5, 5.41) is 13.2. The number of hydrogen-bond acceptors (Lipinski definition) is 5. The Kier molecular flexibility index (Phi) is 5.66. The van der Waals surface area contributed by atoms with E-state index in [0.29, 0.717) is 0 Å². The zero-order valence-electron chi connectivity index (χ0n) is 13.0. The molecule has 122 valence electrons. The summed E-state index contributed by atoms with van der Waals surface area (Å²) < 4.78 is 7.78. The summed E-state index contributed by atoms with van der Waals surface area (Å²) >= 11 is 5.07. The standard InChI is InChI=1S/C17H15BrN4OS/c1-23-16-8-7-14(9-15(16)18)10-20-22-12-19-21-17(22)24-11-13-5-3-2-4-6-13/h2-10,12H,11H2,1H3. The summed E-state index contributed by atoms with van der Waals surface area (Å²) in [5.74, 6) is 1.61. The number of thioether (sulfide) groups is 1. The zero-order valence-corrected chi connectivity index (χ0v) is 15.4. The molecule has 0 atom stereocenters. The molecule has 5 nitrogen and oxygen atoms in total. The van der Waals surface area contributed by atoms with Crippen LogP contribution < -0.4 is 4.74 Å². The molecule has 0 aliphatic rings. The maximum atomic E-state index is 5.22. The Hall–Kier alpha value is -2.12. The Morgan fingerprint density at radius 3 is 2.83 bits per heavy atom. The minimum Gasteiger partial charge on any atom is -0.496 e. The maximum absolute atomic E-state index is 5.22. The van der Waals surface area contributed by atoms with Gasteiger partial charge in [0.15, 0.2) is 0 Å². The smallest absolute Gasteiger partial charge is 0.212 e. The van der Waals surface area contributed by atoms with Crippen LogP contribution in [0, 0.1) is 0 Å². The normalized spacial score (nSPS) is 11.1. The largest absolute Gasteiger partial charge is 0.496 e. The van der Waals surface area contributed by atoms with Gasteiger partial charge in [-0.2, -0.15) is 9.78 Å². The predicted octanol–water partition coefficient (Wildman–Crippen LogP) is 4.22. The van der Waals surface area contributed by atoms with Crippen molar-refractivity contribution in [1.29, 1.82) is 0 Å². The Bertz CT molecular complexity index is 836. The molecule has 0 aliphatic heterocycles. The van der Waals surface area contributed by atoms with E-state index >= 15 is 0 Å². The molecule has 0 unspecified atom stereocenters. The molecular weight excluding hydrogens is 388 g/mol. The summed E-state index contributed by atoms with van der Waals surface area (Å²) in [5.41, 5.74) is 2.19. The van der Waals surface area contributed by atoms with Crippen LogP contribution in [-0.2, 0) is 5.75 Å². The van der Waals surface area contributed by atoms with Crippen LogP contribution in [0.5, 0.6) is 5.75 Å². The number of methoxy groups -OCH3 is 1. The fourth-order valence-electron chi connectivity index (χ4n) is 2.01. The highest BCUT2D eigenvalue weighted by Crippen LogP contribution is 2.25. The van der Waals surface area contributed by atoms with Gasteiger partial charge in [-0.05, 0) is 45.3 Å². The van der Waals surface area contributed by atoms with Gasteiger partial charge < -0.3 is 4.74 Å². The summed E-state index contributed by atoms with van der Waals surface area (Å²) in [6.45, 7) is 0. The number of aromatic nitrogens is 3. The van der Waals surface area contributed by atoms with Crippen molar-refractivity contribution in [1.82, 2.24) is 14.9 Å². The monoisotopic (exact) mass is 402 g/mol. The summed E-state index contributed by atoms with van der Waals surface area (Å²) in [4.78, 5) is 0. The van der Waals surface area contributed by atoms with Gasteiger partial charge >= 0.3 is 0 Å². The first-order valence-corrected chi connectivity index (χ1v) is 8.99. The molecule has 0 radical (unpaired) electrons. The van der Waals surface area contributed by atoms with Gasteiger partial charge in [-0.15, -0.1) is 10.2 Å². The van der Waals surface area contributed by atoms with E-state index in [4.69, 9.17) is 4.74 Å². The van der Waals surface area contributed by atoms with E-state index in [-0.39, 0.29) is 0 Å². The lowest BCUT2D eigenvalue weighted by Crippen LogP contribution is -1.93. The van der Waals surface area contributed by atoms with Crippen LogP contribution in [0.15, 0.2) is 69.6 Å². The van der Waals surface area contributed by atoms with Crippen molar-refractivity contribution in [3.63, 3.8) is 0 Å². The molecule has 2 aromatic carbocycles. The average Bonchev–Trinajstić information content (AvgIpc) is 3.06. The van der Waals surface area contributed by atoms with E-state index in [0.717, 1.165) is 26.7 Å². The molecule has 0 N–H and O–H groups in total. The Morgan fingerprint density at radius 1 is 1.25 bits per heavy atom. The third-order valence-electron chi connectivity index (χ3n) is 3.22. The van der Waals surface area contributed by atoms with Gasteiger partial charge in [-0.25, -0.2) is 0 Å². The Balaban J connectivity index is 1.70. The highest BCUT2D eigenvalue weighted by molar-refractivity contribution is 9.10. The van der Waals surface area contributed by atoms with Gasteiger partial charge in [0.2, 0.25) is 5.16 Å². The third-order valence-corrected chi connectivity index (χ3v) is 4.84. The number of halogens is 1. The Morgan fingerprint density at radius 2 is 2.08 bits per heavy atom.